The van der Waals surface area contributed by atoms with Crippen molar-refractivity contribution >= 4 is 29.5 Å². The van der Waals surface area contributed by atoms with E-state index >= 15 is 0 Å². The Kier molecular flexibility index (Phi) is 4.98. The number of imide groups is 1. The summed E-state index contributed by atoms with van der Waals surface area (Å²) in [6, 6.07) is 8.18. The zero-order valence-corrected chi connectivity index (χ0v) is 14.8. The van der Waals surface area contributed by atoms with Crippen molar-refractivity contribution in [1.29, 1.82) is 0 Å². The first-order valence-corrected chi connectivity index (χ1v) is 8.35. The van der Waals surface area contributed by atoms with E-state index in [2.05, 4.69) is 10.3 Å². The maximum atomic E-state index is 12.5. The van der Waals surface area contributed by atoms with Gasteiger partial charge in [0.1, 0.15) is 11.9 Å². The lowest BCUT2D eigenvalue weighted by Gasteiger charge is -2.21. The molecule has 0 spiro atoms. The van der Waals surface area contributed by atoms with Gasteiger partial charge in [0, 0.05) is 6.20 Å². The highest BCUT2D eigenvalue weighted by Crippen LogP contribution is 2.24. The van der Waals surface area contributed by atoms with Gasteiger partial charge in [-0.05, 0) is 38.1 Å². The minimum atomic E-state index is -1.05. The number of fused-ring (bicyclic) bond motifs is 1. The van der Waals surface area contributed by atoms with Crippen molar-refractivity contribution in [3.63, 3.8) is 0 Å². The molecule has 1 aliphatic rings. The van der Waals surface area contributed by atoms with Gasteiger partial charge in [0.05, 0.1) is 23.3 Å². The van der Waals surface area contributed by atoms with Crippen LogP contribution in [0, 0.1) is 0 Å². The lowest BCUT2D eigenvalue weighted by Crippen LogP contribution is -2.45. The Morgan fingerprint density at radius 2 is 1.78 bits per heavy atom. The molecule has 0 fully saturated rings. The molecule has 1 N–H and O–H groups in total. The molecule has 8 nitrogen and oxygen atoms in total. The topological polar surface area (TPSA) is 106 Å². The molecule has 1 aliphatic heterocycles. The summed E-state index contributed by atoms with van der Waals surface area (Å²) in [5, 5.41) is 2.52. The Balaban J connectivity index is 1.76. The van der Waals surface area contributed by atoms with Crippen molar-refractivity contribution in [1.82, 2.24) is 9.88 Å². The van der Waals surface area contributed by atoms with Crippen molar-refractivity contribution in [3.05, 3.63) is 59.3 Å². The number of amides is 3. The van der Waals surface area contributed by atoms with E-state index in [-0.39, 0.29) is 29.1 Å². The molecule has 2 heterocycles. The summed E-state index contributed by atoms with van der Waals surface area (Å²) < 4.78 is 4.90. The van der Waals surface area contributed by atoms with Gasteiger partial charge in [-0.1, -0.05) is 12.1 Å². The lowest BCUT2D eigenvalue weighted by molar-refractivity contribution is -0.119. The third-order valence-corrected chi connectivity index (χ3v) is 4.11. The van der Waals surface area contributed by atoms with Gasteiger partial charge in [-0.15, -0.1) is 0 Å². The van der Waals surface area contributed by atoms with E-state index < -0.39 is 29.7 Å². The number of hydrogen-bond donors (Lipinski definition) is 1. The molecule has 1 unspecified atom stereocenters. The van der Waals surface area contributed by atoms with Gasteiger partial charge in [0.15, 0.2) is 0 Å². The van der Waals surface area contributed by atoms with E-state index in [0.29, 0.717) is 0 Å². The molecule has 1 aromatic carbocycles. The highest BCUT2D eigenvalue weighted by molar-refractivity contribution is 6.23. The largest absolute Gasteiger partial charge is 0.462 e. The fraction of sp³-hybridized carbons (Fsp3) is 0.211. The molecule has 1 aromatic heterocycles. The predicted molar refractivity (Wildman–Crippen MR) is 95.2 cm³/mol. The maximum Gasteiger partial charge on any atom is 0.338 e. The Morgan fingerprint density at radius 1 is 1.15 bits per heavy atom. The number of nitrogens with zero attached hydrogens (tertiary/aromatic N) is 2. The van der Waals surface area contributed by atoms with E-state index in [9.17, 15) is 19.2 Å². The molecule has 2 aromatic rings. The average molecular weight is 367 g/mol. The molecule has 0 radical (unpaired) electrons. The molecule has 0 aliphatic carbocycles. The third kappa shape index (κ3) is 3.41. The number of carbonyl (C=O) groups is 4. The van der Waals surface area contributed by atoms with Crippen LogP contribution in [0.3, 0.4) is 0 Å². The summed E-state index contributed by atoms with van der Waals surface area (Å²) in [5.74, 6) is -2.06. The minimum absolute atomic E-state index is 0.119. The molecule has 8 heteroatoms. The molecule has 138 valence electrons. The first-order valence-electron chi connectivity index (χ1n) is 8.35. The van der Waals surface area contributed by atoms with Crippen LogP contribution >= 0.6 is 0 Å². The quantitative estimate of drug-likeness (QED) is 0.639. The molecule has 1 atom stereocenters. The number of hydrogen-bond acceptors (Lipinski definition) is 6. The standard InChI is InChI=1S/C19H17N3O5/c1-3-27-19(26)12-8-9-20-15(10-12)21-16(23)11(2)22-17(24)13-6-4-5-7-14(13)18(22)25/h4-11H,3H2,1-2H3,(H,20,21,23). The maximum absolute atomic E-state index is 12.5. The number of anilines is 1. The molecule has 3 amide bonds. The van der Waals surface area contributed by atoms with E-state index in [1.165, 1.54) is 25.3 Å². The zero-order chi connectivity index (χ0) is 19.6. The number of ether oxygens (including phenoxy) is 1. The second kappa shape index (κ2) is 7.36. The van der Waals surface area contributed by atoms with Crippen molar-refractivity contribution in [2.75, 3.05) is 11.9 Å². The second-order valence-electron chi connectivity index (χ2n) is 5.84. The number of benzene rings is 1. The highest BCUT2D eigenvalue weighted by atomic mass is 16.5. The van der Waals surface area contributed by atoms with E-state index in [0.717, 1.165) is 4.90 Å². The zero-order valence-electron chi connectivity index (χ0n) is 14.8. The van der Waals surface area contributed by atoms with Crippen LogP contribution in [-0.2, 0) is 9.53 Å². The number of aromatic nitrogens is 1. The predicted octanol–water partition coefficient (Wildman–Crippen LogP) is 1.88. The first-order chi connectivity index (χ1) is 12.9. The Bertz CT molecular complexity index is 905. The molecule has 27 heavy (non-hydrogen) atoms. The van der Waals surface area contributed by atoms with Gasteiger partial charge in [-0.3, -0.25) is 19.3 Å². The SMILES string of the molecule is CCOC(=O)c1ccnc(NC(=O)C(C)N2C(=O)c3ccccc3C2=O)c1. The van der Waals surface area contributed by atoms with Gasteiger partial charge >= 0.3 is 5.97 Å². The number of nitrogens with one attached hydrogen (secondary N) is 1. The van der Waals surface area contributed by atoms with Crippen molar-refractivity contribution < 1.29 is 23.9 Å². The molecular formula is C19H17N3O5. The summed E-state index contributed by atoms with van der Waals surface area (Å²) in [5.41, 5.74) is 0.768. The van der Waals surface area contributed by atoms with Crippen LogP contribution < -0.4 is 5.32 Å². The van der Waals surface area contributed by atoms with Crippen LogP contribution in [0.2, 0.25) is 0 Å². The Labute approximate surface area is 155 Å². The summed E-state index contributed by atoms with van der Waals surface area (Å²) in [7, 11) is 0. The average Bonchev–Trinajstić information content (AvgIpc) is 2.92. The Morgan fingerprint density at radius 3 is 2.37 bits per heavy atom. The van der Waals surface area contributed by atoms with E-state index in [1.54, 1.807) is 31.2 Å². The number of rotatable bonds is 5. The van der Waals surface area contributed by atoms with E-state index in [4.69, 9.17) is 4.74 Å². The van der Waals surface area contributed by atoms with Gasteiger partial charge in [0.2, 0.25) is 5.91 Å². The summed E-state index contributed by atoms with van der Waals surface area (Å²) in [6.45, 7) is 3.36. The van der Waals surface area contributed by atoms with Gasteiger partial charge in [-0.2, -0.15) is 0 Å². The fourth-order valence-corrected chi connectivity index (χ4v) is 2.75. The summed E-state index contributed by atoms with van der Waals surface area (Å²) in [4.78, 5) is 54.1. The third-order valence-electron chi connectivity index (χ3n) is 4.11. The van der Waals surface area contributed by atoms with Crippen molar-refractivity contribution in [2.24, 2.45) is 0 Å². The van der Waals surface area contributed by atoms with Crippen LogP contribution in [-0.4, -0.2) is 46.2 Å². The molecule has 3 rings (SSSR count). The normalized spacial score (nSPS) is 13.9. The minimum Gasteiger partial charge on any atom is -0.462 e. The lowest BCUT2D eigenvalue weighted by atomic mass is 10.1. The fourth-order valence-electron chi connectivity index (χ4n) is 2.75. The van der Waals surface area contributed by atoms with Crippen LogP contribution in [0.4, 0.5) is 5.82 Å². The number of carbonyl (C=O) groups excluding carboxylic acids is 4. The molecule has 0 bridgehead atoms. The molecular weight excluding hydrogens is 350 g/mol. The highest BCUT2D eigenvalue weighted by Gasteiger charge is 2.40. The van der Waals surface area contributed by atoms with Gasteiger partial charge in [-0.25, -0.2) is 9.78 Å². The molecule has 0 saturated heterocycles. The first kappa shape index (κ1) is 18.2. The van der Waals surface area contributed by atoms with Crippen LogP contribution in [0.15, 0.2) is 42.6 Å². The number of pyridine rings is 1. The summed E-state index contributed by atoms with van der Waals surface area (Å²) >= 11 is 0. The monoisotopic (exact) mass is 367 g/mol. The van der Waals surface area contributed by atoms with Crippen LogP contribution in [0.25, 0.3) is 0 Å². The number of esters is 1. The smallest absolute Gasteiger partial charge is 0.338 e. The van der Waals surface area contributed by atoms with Crippen molar-refractivity contribution in [3.8, 4) is 0 Å². The van der Waals surface area contributed by atoms with Gasteiger partial charge < -0.3 is 10.1 Å². The summed E-state index contributed by atoms with van der Waals surface area (Å²) in [6.07, 6.45) is 1.36. The molecule has 0 saturated carbocycles. The Hall–Kier alpha value is -3.55. The second-order valence-corrected chi connectivity index (χ2v) is 5.84. The van der Waals surface area contributed by atoms with Gasteiger partial charge in [0.25, 0.3) is 11.8 Å². The van der Waals surface area contributed by atoms with Crippen molar-refractivity contribution in [2.45, 2.75) is 19.9 Å². The van der Waals surface area contributed by atoms with Crippen LogP contribution in [0.1, 0.15) is 44.9 Å². The van der Waals surface area contributed by atoms with Crippen LogP contribution in [0.5, 0.6) is 0 Å². The van der Waals surface area contributed by atoms with E-state index in [1.807, 2.05) is 0 Å².